The van der Waals surface area contributed by atoms with Crippen LogP contribution in [0.5, 0.6) is 5.75 Å². The van der Waals surface area contributed by atoms with E-state index in [1.54, 1.807) is 0 Å². The zero-order valence-electron chi connectivity index (χ0n) is 12.1. The summed E-state index contributed by atoms with van der Waals surface area (Å²) in [5, 5.41) is 4.42. The van der Waals surface area contributed by atoms with Crippen molar-refractivity contribution in [2.45, 2.75) is 40.0 Å². The highest BCUT2D eigenvalue weighted by molar-refractivity contribution is 9.10. The van der Waals surface area contributed by atoms with E-state index in [-0.39, 0.29) is 6.04 Å². The highest BCUT2D eigenvalue weighted by Crippen LogP contribution is 2.28. The number of nitrogens with zero attached hydrogens (tertiary/aromatic N) is 2. The molecule has 2 aromatic rings. The molecule has 0 aliphatic carbocycles. The first-order chi connectivity index (χ1) is 9.51. The third-order valence-corrected chi connectivity index (χ3v) is 3.62. The molecule has 20 heavy (non-hydrogen) atoms. The van der Waals surface area contributed by atoms with Gasteiger partial charge < -0.3 is 10.5 Å². The summed E-state index contributed by atoms with van der Waals surface area (Å²) in [6.45, 7) is 7.35. The van der Waals surface area contributed by atoms with Gasteiger partial charge in [-0.05, 0) is 45.0 Å². The number of ether oxygens (including phenoxy) is 1. The Labute approximate surface area is 128 Å². The largest absolute Gasteiger partial charge is 0.487 e. The highest BCUT2D eigenvalue weighted by atomic mass is 79.9. The number of rotatable bonds is 5. The first-order valence-electron chi connectivity index (χ1n) is 6.72. The van der Waals surface area contributed by atoms with Crippen molar-refractivity contribution >= 4 is 15.9 Å². The summed E-state index contributed by atoms with van der Waals surface area (Å²) >= 11 is 3.46. The minimum Gasteiger partial charge on any atom is -0.487 e. The molecular weight excluding hydrogens is 318 g/mol. The quantitative estimate of drug-likeness (QED) is 0.907. The van der Waals surface area contributed by atoms with Crippen molar-refractivity contribution in [3.8, 4) is 5.75 Å². The number of aryl methyl sites for hydroxylation is 2. The van der Waals surface area contributed by atoms with E-state index in [4.69, 9.17) is 10.5 Å². The molecule has 0 fully saturated rings. The van der Waals surface area contributed by atoms with Crippen LogP contribution < -0.4 is 10.5 Å². The number of hydrogen-bond acceptors (Lipinski definition) is 3. The third kappa shape index (κ3) is 3.41. The molecule has 0 amide bonds. The van der Waals surface area contributed by atoms with E-state index < -0.39 is 0 Å². The fraction of sp³-hybridized carbons (Fsp3) is 0.400. The number of aromatic nitrogens is 2. The van der Waals surface area contributed by atoms with Gasteiger partial charge in [0.1, 0.15) is 12.4 Å². The van der Waals surface area contributed by atoms with E-state index in [1.807, 2.05) is 42.8 Å². The monoisotopic (exact) mass is 337 g/mol. The number of benzene rings is 1. The van der Waals surface area contributed by atoms with Crippen molar-refractivity contribution < 1.29 is 4.74 Å². The second kappa shape index (κ2) is 6.41. The average Bonchev–Trinajstić information content (AvgIpc) is 2.77. The molecule has 108 valence electrons. The van der Waals surface area contributed by atoms with Gasteiger partial charge in [0.25, 0.3) is 0 Å². The average molecular weight is 338 g/mol. The number of halogens is 1. The zero-order chi connectivity index (χ0) is 14.7. The summed E-state index contributed by atoms with van der Waals surface area (Å²) in [4.78, 5) is 0. The van der Waals surface area contributed by atoms with Crippen molar-refractivity contribution in [1.29, 1.82) is 0 Å². The topological polar surface area (TPSA) is 53.1 Å². The molecule has 1 atom stereocenters. The minimum absolute atomic E-state index is 0.0691. The van der Waals surface area contributed by atoms with Gasteiger partial charge in [0.2, 0.25) is 0 Å². The van der Waals surface area contributed by atoms with Gasteiger partial charge in [-0.25, -0.2) is 0 Å². The molecule has 5 heteroatoms. The van der Waals surface area contributed by atoms with Gasteiger partial charge in [0.15, 0.2) is 0 Å². The molecule has 1 aromatic heterocycles. The van der Waals surface area contributed by atoms with Crippen molar-refractivity contribution in [3.63, 3.8) is 0 Å². The van der Waals surface area contributed by atoms with Gasteiger partial charge in [-0.15, -0.1) is 0 Å². The standard InChI is InChI=1S/C15H20BrN3O/c1-4-19-13(7-10(2)18-19)9-20-15-6-5-12(16)8-14(15)11(3)17/h5-8,11H,4,9,17H2,1-3H3/t11-/m1/s1. The predicted molar refractivity (Wildman–Crippen MR) is 83.7 cm³/mol. The smallest absolute Gasteiger partial charge is 0.130 e. The van der Waals surface area contributed by atoms with Crippen molar-refractivity contribution in [2.24, 2.45) is 5.73 Å². The predicted octanol–water partition coefficient (Wildman–Crippen LogP) is 3.57. The Hall–Kier alpha value is -1.33. The van der Waals surface area contributed by atoms with Crippen LogP contribution in [0, 0.1) is 6.92 Å². The molecule has 0 saturated carbocycles. The molecule has 0 spiro atoms. The molecule has 0 unspecified atom stereocenters. The Morgan fingerprint density at radius 2 is 2.15 bits per heavy atom. The highest BCUT2D eigenvalue weighted by Gasteiger charge is 2.11. The van der Waals surface area contributed by atoms with E-state index in [1.165, 1.54) is 0 Å². The molecule has 4 nitrogen and oxygen atoms in total. The Kier molecular flexibility index (Phi) is 4.83. The zero-order valence-corrected chi connectivity index (χ0v) is 13.6. The second-order valence-corrected chi connectivity index (χ2v) is 5.77. The fourth-order valence-electron chi connectivity index (χ4n) is 2.15. The Morgan fingerprint density at radius 3 is 2.80 bits per heavy atom. The van der Waals surface area contributed by atoms with E-state index in [2.05, 4.69) is 28.0 Å². The Balaban J connectivity index is 2.18. The van der Waals surface area contributed by atoms with Crippen LogP contribution >= 0.6 is 15.9 Å². The van der Waals surface area contributed by atoms with Gasteiger partial charge >= 0.3 is 0 Å². The van der Waals surface area contributed by atoms with Crippen molar-refractivity contribution in [3.05, 3.63) is 45.7 Å². The molecule has 0 radical (unpaired) electrons. The van der Waals surface area contributed by atoms with Crippen LogP contribution in [0.25, 0.3) is 0 Å². The van der Waals surface area contributed by atoms with Crippen LogP contribution in [0.1, 0.15) is 36.8 Å². The lowest BCUT2D eigenvalue weighted by molar-refractivity contribution is 0.288. The maximum Gasteiger partial charge on any atom is 0.130 e. The number of nitrogens with two attached hydrogens (primary N) is 1. The molecule has 2 rings (SSSR count). The summed E-state index contributed by atoms with van der Waals surface area (Å²) in [5.41, 5.74) is 9.07. The summed E-state index contributed by atoms with van der Waals surface area (Å²) < 4.78 is 8.90. The first-order valence-corrected chi connectivity index (χ1v) is 7.51. The third-order valence-electron chi connectivity index (χ3n) is 3.12. The van der Waals surface area contributed by atoms with Crippen LogP contribution in [-0.4, -0.2) is 9.78 Å². The minimum atomic E-state index is -0.0691. The molecular formula is C15H20BrN3O. The van der Waals surface area contributed by atoms with Gasteiger partial charge in [0.05, 0.1) is 11.4 Å². The second-order valence-electron chi connectivity index (χ2n) is 4.85. The Morgan fingerprint density at radius 1 is 1.40 bits per heavy atom. The van der Waals surface area contributed by atoms with Crippen molar-refractivity contribution in [2.75, 3.05) is 0 Å². The van der Waals surface area contributed by atoms with Gasteiger partial charge in [-0.3, -0.25) is 4.68 Å². The van der Waals surface area contributed by atoms with Gasteiger partial charge in [0, 0.05) is 22.6 Å². The van der Waals surface area contributed by atoms with Crippen LogP contribution in [0.4, 0.5) is 0 Å². The van der Waals surface area contributed by atoms with E-state index in [9.17, 15) is 0 Å². The van der Waals surface area contributed by atoms with E-state index in [0.717, 1.165) is 33.7 Å². The van der Waals surface area contributed by atoms with Crippen LogP contribution in [0.2, 0.25) is 0 Å². The molecule has 1 heterocycles. The fourth-order valence-corrected chi connectivity index (χ4v) is 2.53. The van der Waals surface area contributed by atoms with Gasteiger partial charge in [-0.1, -0.05) is 15.9 Å². The van der Waals surface area contributed by atoms with E-state index >= 15 is 0 Å². The summed E-state index contributed by atoms with van der Waals surface area (Å²) in [7, 11) is 0. The van der Waals surface area contributed by atoms with Gasteiger partial charge in [-0.2, -0.15) is 5.10 Å². The first kappa shape index (κ1) is 15.1. The molecule has 0 aliphatic heterocycles. The maximum atomic E-state index is 5.99. The molecule has 0 bridgehead atoms. The van der Waals surface area contributed by atoms with Crippen molar-refractivity contribution in [1.82, 2.24) is 9.78 Å². The normalized spacial score (nSPS) is 12.4. The van der Waals surface area contributed by atoms with Crippen LogP contribution in [0.3, 0.4) is 0 Å². The summed E-state index contributed by atoms with van der Waals surface area (Å²) in [6.07, 6.45) is 0. The SMILES string of the molecule is CCn1nc(C)cc1COc1ccc(Br)cc1[C@@H](C)N. The maximum absolute atomic E-state index is 5.99. The van der Waals surface area contributed by atoms with Crippen LogP contribution in [0.15, 0.2) is 28.7 Å². The molecule has 1 aromatic carbocycles. The summed E-state index contributed by atoms with van der Waals surface area (Å²) in [6, 6.07) is 7.89. The molecule has 2 N–H and O–H groups in total. The lowest BCUT2D eigenvalue weighted by Crippen LogP contribution is -2.10. The summed E-state index contributed by atoms with van der Waals surface area (Å²) in [5.74, 6) is 0.824. The Bertz CT molecular complexity index is 593. The van der Waals surface area contributed by atoms with Crippen LogP contribution in [-0.2, 0) is 13.2 Å². The number of hydrogen-bond donors (Lipinski definition) is 1. The molecule has 0 aliphatic rings. The lowest BCUT2D eigenvalue weighted by Gasteiger charge is -2.14. The lowest BCUT2D eigenvalue weighted by atomic mass is 10.1. The van der Waals surface area contributed by atoms with E-state index in [0.29, 0.717) is 6.61 Å². The molecule has 0 saturated heterocycles.